The van der Waals surface area contributed by atoms with Crippen LogP contribution in [0, 0.1) is 0 Å². The van der Waals surface area contributed by atoms with Crippen molar-refractivity contribution >= 4 is 39.3 Å². The van der Waals surface area contributed by atoms with Crippen molar-refractivity contribution in [2.75, 3.05) is 0 Å². The Morgan fingerprint density at radius 3 is 2.62 bits per heavy atom. The average Bonchev–Trinajstić information content (AvgIpc) is 2.18. The van der Waals surface area contributed by atoms with Gasteiger partial charge in [-0.25, -0.2) is 0 Å². The van der Waals surface area contributed by atoms with Crippen LogP contribution >= 0.6 is 27.5 Å². The van der Waals surface area contributed by atoms with Crippen LogP contribution in [0.5, 0.6) is 0 Å². The minimum Gasteiger partial charge on any atom is -0.481 e. The largest absolute Gasteiger partial charge is 0.481 e. The first-order chi connectivity index (χ1) is 7.41. The fraction of sp³-hybridized carbons (Fsp3) is 0.273. The van der Waals surface area contributed by atoms with E-state index < -0.39 is 11.3 Å². The van der Waals surface area contributed by atoms with Gasteiger partial charge in [-0.15, -0.1) is 11.6 Å². The summed E-state index contributed by atoms with van der Waals surface area (Å²) in [5.41, 5.74) is 1.11. The highest BCUT2D eigenvalue weighted by atomic mass is 79.9. The number of hydrogen-bond acceptors (Lipinski definition) is 2. The van der Waals surface area contributed by atoms with Crippen molar-refractivity contribution in [1.29, 1.82) is 0 Å². The van der Waals surface area contributed by atoms with E-state index in [4.69, 9.17) is 16.7 Å². The molecule has 1 aromatic carbocycles. The second-order valence-electron chi connectivity index (χ2n) is 3.39. The highest BCUT2D eigenvalue weighted by Gasteiger charge is 2.18. The van der Waals surface area contributed by atoms with Gasteiger partial charge in [-0.1, -0.05) is 22.0 Å². The number of aliphatic carboxylic acids is 1. The minimum atomic E-state index is -0.948. The number of rotatable bonds is 4. The van der Waals surface area contributed by atoms with Crippen molar-refractivity contribution in [3.63, 3.8) is 0 Å². The summed E-state index contributed by atoms with van der Waals surface area (Å²) in [6.45, 7) is 1.38. The predicted molar refractivity (Wildman–Crippen MR) is 64.8 cm³/mol. The van der Waals surface area contributed by atoms with Crippen LogP contribution in [0.15, 0.2) is 22.7 Å². The van der Waals surface area contributed by atoms with Gasteiger partial charge in [-0.2, -0.15) is 0 Å². The van der Waals surface area contributed by atoms with Crippen LogP contribution in [0.3, 0.4) is 0 Å². The van der Waals surface area contributed by atoms with E-state index in [2.05, 4.69) is 15.9 Å². The van der Waals surface area contributed by atoms with Crippen LogP contribution < -0.4 is 0 Å². The molecule has 1 atom stereocenters. The van der Waals surface area contributed by atoms with Crippen molar-refractivity contribution in [2.24, 2.45) is 0 Å². The van der Waals surface area contributed by atoms with Gasteiger partial charge in [0, 0.05) is 4.47 Å². The molecule has 0 saturated carbocycles. The lowest BCUT2D eigenvalue weighted by Crippen LogP contribution is -2.09. The number of Topliss-reactive ketones (excluding diaryl/α,β-unsaturated/α-hetero) is 1. The molecule has 1 rings (SSSR count). The lowest BCUT2D eigenvalue weighted by Gasteiger charge is -2.11. The topological polar surface area (TPSA) is 54.4 Å². The molecule has 0 aromatic heterocycles. The first kappa shape index (κ1) is 13.2. The van der Waals surface area contributed by atoms with Crippen LogP contribution in [-0.2, 0) is 16.0 Å². The van der Waals surface area contributed by atoms with Crippen LogP contribution in [0.2, 0.25) is 0 Å². The van der Waals surface area contributed by atoms with Gasteiger partial charge >= 0.3 is 5.97 Å². The zero-order chi connectivity index (χ0) is 12.3. The van der Waals surface area contributed by atoms with E-state index in [9.17, 15) is 9.59 Å². The molecular formula is C11H10BrClO3. The molecule has 16 heavy (non-hydrogen) atoms. The van der Waals surface area contributed by atoms with Crippen molar-refractivity contribution in [2.45, 2.75) is 18.7 Å². The number of benzene rings is 1. The maximum absolute atomic E-state index is 11.2. The summed E-state index contributed by atoms with van der Waals surface area (Å²) in [6, 6.07) is 5.06. The Morgan fingerprint density at radius 1 is 1.50 bits per heavy atom. The fourth-order valence-corrected chi connectivity index (χ4v) is 1.93. The highest BCUT2D eigenvalue weighted by Crippen LogP contribution is 2.28. The molecule has 0 radical (unpaired) electrons. The predicted octanol–water partition coefficient (Wildman–Crippen LogP) is 2.95. The van der Waals surface area contributed by atoms with Gasteiger partial charge in [0.15, 0.2) is 5.78 Å². The Hall–Kier alpha value is -0.870. The first-order valence-corrected chi connectivity index (χ1v) is 5.79. The molecule has 0 bridgehead atoms. The molecule has 0 saturated heterocycles. The number of carboxylic acids is 1. The van der Waals surface area contributed by atoms with E-state index in [1.165, 1.54) is 6.92 Å². The third-order valence-electron chi connectivity index (χ3n) is 2.08. The standard InChI is InChI=1S/C11H10BrClO3/c1-6(14)11(13)9-5-8(12)3-2-7(9)4-10(15)16/h2-3,5,11H,4H2,1H3,(H,15,16). The Bertz CT molecular complexity index is 431. The highest BCUT2D eigenvalue weighted by molar-refractivity contribution is 9.10. The minimum absolute atomic E-state index is 0.140. The second kappa shape index (κ2) is 5.46. The van der Waals surface area contributed by atoms with E-state index in [0.717, 1.165) is 4.47 Å². The summed E-state index contributed by atoms with van der Waals surface area (Å²) in [7, 11) is 0. The maximum atomic E-state index is 11.2. The number of carboxylic acid groups (broad SMARTS) is 1. The van der Waals surface area contributed by atoms with Gasteiger partial charge in [0.25, 0.3) is 0 Å². The quantitative estimate of drug-likeness (QED) is 0.870. The van der Waals surface area contributed by atoms with E-state index in [0.29, 0.717) is 11.1 Å². The Balaban J connectivity index is 3.17. The third-order valence-corrected chi connectivity index (χ3v) is 3.12. The number of halogens is 2. The molecule has 1 aromatic rings. The van der Waals surface area contributed by atoms with Gasteiger partial charge in [0.2, 0.25) is 0 Å². The zero-order valence-corrected chi connectivity index (χ0v) is 10.9. The SMILES string of the molecule is CC(=O)C(Cl)c1cc(Br)ccc1CC(=O)O. The van der Waals surface area contributed by atoms with Crippen molar-refractivity contribution in [1.82, 2.24) is 0 Å². The van der Waals surface area contributed by atoms with Crippen LogP contribution in [0.25, 0.3) is 0 Å². The summed E-state index contributed by atoms with van der Waals surface area (Å²) in [4.78, 5) is 21.9. The number of ketones is 1. The molecule has 1 N–H and O–H groups in total. The Labute approximate surface area is 107 Å². The summed E-state index contributed by atoms with van der Waals surface area (Å²) in [5.74, 6) is -1.15. The molecular weight excluding hydrogens is 295 g/mol. The molecule has 0 fully saturated rings. The summed E-state index contributed by atoms with van der Waals surface area (Å²) in [6.07, 6.45) is -0.140. The van der Waals surface area contributed by atoms with Crippen LogP contribution in [-0.4, -0.2) is 16.9 Å². The maximum Gasteiger partial charge on any atom is 0.307 e. The number of carbonyl (C=O) groups excluding carboxylic acids is 1. The van der Waals surface area contributed by atoms with Crippen molar-refractivity contribution in [3.8, 4) is 0 Å². The molecule has 0 aliphatic heterocycles. The fourth-order valence-electron chi connectivity index (χ4n) is 1.34. The molecule has 1 unspecified atom stereocenters. The molecule has 0 spiro atoms. The number of hydrogen-bond donors (Lipinski definition) is 1. The molecule has 86 valence electrons. The van der Waals surface area contributed by atoms with E-state index in [1.807, 2.05) is 0 Å². The van der Waals surface area contributed by atoms with E-state index in [1.54, 1.807) is 18.2 Å². The van der Waals surface area contributed by atoms with Gasteiger partial charge in [-0.05, 0) is 30.2 Å². The van der Waals surface area contributed by atoms with Gasteiger partial charge in [0.05, 0.1) is 6.42 Å². The Morgan fingerprint density at radius 2 is 2.12 bits per heavy atom. The summed E-state index contributed by atoms with van der Waals surface area (Å²) in [5, 5.41) is 7.94. The van der Waals surface area contributed by atoms with Gasteiger partial charge in [-0.3, -0.25) is 9.59 Å². The summed E-state index contributed by atoms with van der Waals surface area (Å²) < 4.78 is 0.767. The Kier molecular flexibility index (Phi) is 4.50. The van der Waals surface area contributed by atoms with Crippen molar-refractivity contribution in [3.05, 3.63) is 33.8 Å². The third kappa shape index (κ3) is 3.32. The lowest BCUT2D eigenvalue weighted by molar-refractivity contribution is -0.136. The van der Waals surface area contributed by atoms with Gasteiger partial charge < -0.3 is 5.11 Å². The zero-order valence-electron chi connectivity index (χ0n) is 8.54. The van der Waals surface area contributed by atoms with Gasteiger partial charge in [0.1, 0.15) is 5.38 Å². The van der Waals surface area contributed by atoms with Crippen LogP contribution in [0.1, 0.15) is 23.4 Å². The number of carbonyl (C=O) groups is 2. The smallest absolute Gasteiger partial charge is 0.307 e. The molecule has 0 heterocycles. The lowest BCUT2D eigenvalue weighted by atomic mass is 10.00. The molecule has 0 amide bonds. The second-order valence-corrected chi connectivity index (χ2v) is 4.74. The molecule has 0 aliphatic rings. The van der Waals surface area contributed by atoms with E-state index in [-0.39, 0.29) is 12.2 Å². The van der Waals surface area contributed by atoms with E-state index >= 15 is 0 Å². The molecule has 5 heteroatoms. The first-order valence-electron chi connectivity index (χ1n) is 4.56. The summed E-state index contributed by atoms with van der Waals surface area (Å²) >= 11 is 9.20. The normalized spacial score (nSPS) is 12.2. The van der Waals surface area contributed by atoms with Crippen molar-refractivity contribution < 1.29 is 14.7 Å². The molecule has 3 nitrogen and oxygen atoms in total. The molecule has 0 aliphatic carbocycles. The number of alkyl halides is 1. The van der Waals surface area contributed by atoms with Crippen LogP contribution in [0.4, 0.5) is 0 Å². The monoisotopic (exact) mass is 304 g/mol. The average molecular weight is 306 g/mol.